The number of methoxy groups -OCH3 is 1. The molecule has 0 aliphatic rings. The number of carbonyl (C=O) groups excluding carboxylic acids is 1. The van der Waals surface area contributed by atoms with Crippen molar-refractivity contribution in [2.24, 2.45) is 0 Å². The standard InChI is InChI=1S/C17H20N2O4S/c1-12-7-9-16(10-8-12)24(21,22)19-13(2)17(20)18-14-5-4-6-15(11-14)23-3/h4-11,13,19H,1-3H3,(H,18,20). The van der Waals surface area contributed by atoms with Crippen LogP contribution in [-0.4, -0.2) is 27.5 Å². The van der Waals surface area contributed by atoms with Crippen LogP contribution in [0.1, 0.15) is 12.5 Å². The van der Waals surface area contributed by atoms with Crippen molar-refractivity contribution in [1.82, 2.24) is 4.72 Å². The third-order valence-electron chi connectivity index (χ3n) is 3.39. The Bertz CT molecular complexity index is 817. The van der Waals surface area contributed by atoms with Gasteiger partial charge in [0.2, 0.25) is 15.9 Å². The second-order valence-corrected chi connectivity index (χ2v) is 7.09. The molecular formula is C17H20N2O4S. The normalized spacial score (nSPS) is 12.5. The predicted molar refractivity (Wildman–Crippen MR) is 92.6 cm³/mol. The van der Waals surface area contributed by atoms with Crippen molar-refractivity contribution in [2.45, 2.75) is 24.8 Å². The van der Waals surface area contributed by atoms with Gasteiger partial charge in [-0.25, -0.2) is 8.42 Å². The molecule has 7 heteroatoms. The lowest BCUT2D eigenvalue weighted by molar-refractivity contribution is -0.117. The van der Waals surface area contributed by atoms with E-state index >= 15 is 0 Å². The van der Waals surface area contributed by atoms with Crippen molar-refractivity contribution >= 4 is 21.6 Å². The highest BCUT2D eigenvalue weighted by molar-refractivity contribution is 7.89. The second kappa shape index (κ2) is 7.46. The largest absolute Gasteiger partial charge is 0.497 e. The van der Waals surface area contributed by atoms with Gasteiger partial charge >= 0.3 is 0 Å². The van der Waals surface area contributed by atoms with Gasteiger partial charge in [-0.05, 0) is 38.1 Å². The van der Waals surface area contributed by atoms with E-state index in [1.54, 1.807) is 36.4 Å². The number of benzene rings is 2. The summed E-state index contributed by atoms with van der Waals surface area (Å²) in [5.74, 6) is 0.139. The lowest BCUT2D eigenvalue weighted by Gasteiger charge is -2.15. The Morgan fingerprint density at radius 1 is 1.12 bits per heavy atom. The fourth-order valence-corrected chi connectivity index (χ4v) is 3.23. The molecule has 0 spiro atoms. The van der Waals surface area contributed by atoms with Crippen LogP contribution in [-0.2, 0) is 14.8 Å². The monoisotopic (exact) mass is 348 g/mol. The number of nitrogens with one attached hydrogen (secondary N) is 2. The Morgan fingerprint density at radius 3 is 2.42 bits per heavy atom. The Kier molecular flexibility index (Phi) is 5.58. The van der Waals surface area contributed by atoms with Crippen LogP contribution in [0.25, 0.3) is 0 Å². The molecule has 1 unspecified atom stereocenters. The van der Waals surface area contributed by atoms with Gasteiger partial charge in [-0.2, -0.15) is 4.72 Å². The molecule has 2 rings (SSSR count). The summed E-state index contributed by atoms with van der Waals surface area (Å²) in [6.45, 7) is 3.36. The van der Waals surface area contributed by atoms with Crippen molar-refractivity contribution in [3.05, 3.63) is 54.1 Å². The third-order valence-corrected chi connectivity index (χ3v) is 4.95. The zero-order chi connectivity index (χ0) is 17.7. The van der Waals surface area contributed by atoms with Crippen molar-refractivity contribution < 1.29 is 17.9 Å². The molecule has 0 fully saturated rings. The average Bonchev–Trinajstić information content (AvgIpc) is 2.55. The molecule has 0 aromatic heterocycles. The van der Waals surface area contributed by atoms with E-state index in [0.717, 1.165) is 5.56 Å². The van der Waals surface area contributed by atoms with E-state index in [0.29, 0.717) is 11.4 Å². The minimum Gasteiger partial charge on any atom is -0.497 e. The SMILES string of the molecule is COc1cccc(NC(=O)C(C)NS(=O)(=O)c2ccc(C)cc2)c1. The molecule has 0 saturated heterocycles. The van der Waals surface area contributed by atoms with Crippen LogP contribution in [0.3, 0.4) is 0 Å². The number of hydrogen-bond donors (Lipinski definition) is 2. The Labute approximate surface area is 141 Å². The van der Waals surface area contributed by atoms with Gasteiger partial charge in [-0.3, -0.25) is 4.79 Å². The van der Waals surface area contributed by atoms with Crippen LogP contribution in [0.4, 0.5) is 5.69 Å². The molecule has 6 nitrogen and oxygen atoms in total. The van der Waals surface area contributed by atoms with E-state index in [1.165, 1.54) is 26.2 Å². The summed E-state index contributed by atoms with van der Waals surface area (Å²) < 4.78 is 32.1. The molecule has 1 atom stereocenters. The summed E-state index contributed by atoms with van der Waals surface area (Å²) in [5.41, 5.74) is 1.48. The highest BCUT2D eigenvalue weighted by Gasteiger charge is 2.22. The van der Waals surface area contributed by atoms with Gasteiger partial charge in [-0.15, -0.1) is 0 Å². The van der Waals surface area contributed by atoms with Gasteiger partial charge in [0.15, 0.2) is 0 Å². The molecule has 0 radical (unpaired) electrons. The maximum atomic E-state index is 12.3. The van der Waals surface area contributed by atoms with Crippen LogP contribution in [0.2, 0.25) is 0 Å². The summed E-state index contributed by atoms with van der Waals surface area (Å²) in [6, 6.07) is 12.3. The maximum Gasteiger partial charge on any atom is 0.242 e. The van der Waals surface area contributed by atoms with E-state index in [1.807, 2.05) is 6.92 Å². The fourth-order valence-electron chi connectivity index (χ4n) is 2.02. The number of aryl methyl sites for hydroxylation is 1. The van der Waals surface area contributed by atoms with Crippen molar-refractivity contribution in [3.8, 4) is 5.75 Å². The number of anilines is 1. The molecule has 2 aromatic carbocycles. The number of carbonyl (C=O) groups is 1. The molecule has 2 N–H and O–H groups in total. The number of amides is 1. The summed E-state index contributed by atoms with van der Waals surface area (Å²) in [7, 11) is -2.23. The highest BCUT2D eigenvalue weighted by atomic mass is 32.2. The summed E-state index contributed by atoms with van der Waals surface area (Å²) in [4.78, 5) is 12.3. The summed E-state index contributed by atoms with van der Waals surface area (Å²) in [6.07, 6.45) is 0. The van der Waals surface area contributed by atoms with E-state index < -0.39 is 22.0 Å². The zero-order valence-electron chi connectivity index (χ0n) is 13.7. The Balaban J connectivity index is 2.06. The van der Waals surface area contributed by atoms with Crippen LogP contribution < -0.4 is 14.8 Å². The van der Waals surface area contributed by atoms with Gasteiger partial charge in [0.1, 0.15) is 5.75 Å². The van der Waals surface area contributed by atoms with Crippen molar-refractivity contribution in [3.63, 3.8) is 0 Å². The maximum absolute atomic E-state index is 12.3. The van der Waals surface area contributed by atoms with E-state index in [9.17, 15) is 13.2 Å². The van der Waals surface area contributed by atoms with Gasteiger partial charge in [0.05, 0.1) is 18.0 Å². The van der Waals surface area contributed by atoms with Crippen molar-refractivity contribution in [2.75, 3.05) is 12.4 Å². The van der Waals surface area contributed by atoms with E-state index in [2.05, 4.69) is 10.0 Å². The van der Waals surface area contributed by atoms with E-state index in [-0.39, 0.29) is 4.90 Å². The van der Waals surface area contributed by atoms with Gasteiger partial charge < -0.3 is 10.1 Å². The molecule has 0 heterocycles. The van der Waals surface area contributed by atoms with Crippen LogP contribution >= 0.6 is 0 Å². The number of ether oxygens (including phenoxy) is 1. The van der Waals surface area contributed by atoms with Gasteiger partial charge in [0.25, 0.3) is 0 Å². The van der Waals surface area contributed by atoms with Gasteiger partial charge in [0, 0.05) is 11.8 Å². The molecule has 128 valence electrons. The second-order valence-electron chi connectivity index (χ2n) is 5.38. The van der Waals surface area contributed by atoms with Crippen LogP contribution in [0.5, 0.6) is 5.75 Å². The minimum absolute atomic E-state index is 0.120. The van der Waals surface area contributed by atoms with Crippen LogP contribution in [0.15, 0.2) is 53.4 Å². The van der Waals surface area contributed by atoms with Crippen LogP contribution in [0, 0.1) is 6.92 Å². The first-order chi connectivity index (χ1) is 11.3. The molecular weight excluding hydrogens is 328 g/mol. The predicted octanol–water partition coefficient (Wildman–Crippen LogP) is 2.31. The first-order valence-electron chi connectivity index (χ1n) is 7.36. The third kappa shape index (κ3) is 4.56. The fraction of sp³-hybridized carbons (Fsp3) is 0.235. The number of hydrogen-bond acceptors (Lipinski definition) is 4. The summed E-state index contributed by atoms with van der Waals surface area (Å²) in [5, 5.41) is 2.65. The Morgan fingerprint density at radius 2 is 1.79 bits per heavy atom. The lowest BCUT2D eigenvalue weighted by Crippen LogP contribution is -2.41. The lowest BCUT2D eigenvalue weighted by atomic mass is 10.2. The molecule has 0 aliphatic carbocycles. The zero-order valence-corrected chi connectivity index (χ0v) is 14.6. The highest BCUT2D eigenvalue weighted by Crippen LogP contribution is 2.17. The summed E-state index contributed by atoms with van der Waals surface area (Å²) >= 11 is 0. The molecule has 0 bridgehead atoms. The Hall–Kier alpha value is -2.38. The smallest absolute Gasteiger partial charge is 0.242 e. The topological polar surface area (TPSA) is 84.5 Å². The molecule has 2 aromatic rings. The molecule has 1 amide bonds. The quantitative estimate of drug-likeness (QED) is 0.839. The molecule has 0 saturated carbocycles. The minimum atomic E-state index is -3.76. The van der Waals surface area contributed by atoms with Gasteiger partial charge in [-0.1, -0.05) is 23.8 Å². The molecule has 24 heavy (non-hydrogen) atoms. The number of rotatable bonds is 6. The first-order valence-corrected chi connectivity index (χ1v) is 8.84. The molecule has 0 aliphatic heterocycles. The van der Waals surface area contributed by atoms with Crippen molar-refractivity contribution in [1.29, 1.82) is 0 Å². The van der Waals surface area contributed by atoms with E-state index in [4.69, 9.17) is 4.74 Å². The average molecular weight is 348 g/mol. The number of sulfonamides is 1. The first kappa shape index (κ1) is 18.0.